The van der Waals surface area contributed by atoms with E-state index in [0.29, 0.717) is 11.6 Å². The standard InChI is InChI=1S/C12H15ClN4O/c1-3-17-10(12(13)8(2)15-17)7-16-5-4-11(18)9(14)6-16/h4-6H,3,7,14H2,1-2H3. The second kappa shape index (κ2) is 4.86. The predicted octanol–water partition coefficient (Wildman–Crippen LogP) is 1.66. The van der Waals surface area contributed by atoms with Crippen molar-refractivity contribution < 1.29 is 0 Å². The van der Waals surface area contributed by atoms with Crippen molar-refractivity contribution in [1.29, 1.82) is 0 Å². The molecule has 0 bridgehead atoms. The number of hydrogen-bond acceptors (Lipinski definition) is 3. The molecule has 0 aromatic carbocycles. The van der Waals surface area contributed by atoms with Gasteiger partial charge in [0.2, 0.25) is 5.43 Å². The maximum Gasteiger partial charge on any atom is 0.204 e. The number of halogens is 1. The molecule has 18 heavy (non-hydrogen) atoms. The van der Waals surface area contributed by atoms with Gasteiger partial charge in [-0.1, -0.05) is 11.6 Å². The fourth-order valence-corrected chi connectivity index (χ4v) is 2.03. The topological polar surface area (TPSA) is 65.8 Å². The Hall–Kier alpha value is -1.75. The summed E-state index contributed by atoms with van der Waals surface area (Å²) in [6.45, 7) is 5.17. The van der Waals surface area contributed by atoms with Gasteiger partial charge in [0, 0.05) is 25.0 Å². The molecule has 2 aromatic rings. The summed E-state index contributed by atoms with van der Waals surface area (Å²) < 4.78 is 3.68. The fraction of sp³-hybridized carbons (Fsp3) is 0.333. The van der Waals surface area contributed by atoms with E-state index in [2.05, 4.69) is 5.10 Å². The Labute approximate surface area is 110 Å². The molecular formula is C12H15ClN4O. The molecule has 0 amide bonds. The first kappa shape index (κ1) is 12.7. The minimum absolute atomic E-state index is 0.169. The third-order valence-electron chi connectivity index (χ3n) is 2.79. The SMILES string of the molecule is CCn1nc(C)c(Cl)c1Cn1ccc(=O)c(N)c1. The van der Waals surface area contributed by atoms with Crippen LogP contribution in [0.4, 0.5) is 5.69 Å². The zero-order chi connectivity index (χ0) is 13.3. The van der Waals surface area contributed by atoms with Crippen LogP contribution < -0.4 is 11.2 Å². The van der Waals surface area contributed by atoms with Crippen molar-refractivity contribution in [2.24, 2.45) is 0 Å². The molecule has 2 aromatic heterocycles. The summed E-state index contributed by atoms with van der Waals surface area (Å²) in [6, 6.07) is 1.45. The highest BCUT2D eigenvalue weighted by Crippen LogP contribution is 2.21. The Morgan fingerprint density at radius 2 is 2.22 bits per heavy atom. The minimum Gasteiger partial charge on any atom is -0.394 e. The van der Waals surface area contributed by atoms with Crippen molar-refractivity contribution >= 4 is 17.3 Å². The van der Waals surface area contributed by atoms with Crippen LogP contribution in [-0.2, 0) is 13.1 Å². The molecule has 0 spiro atoms. The summed E-state index contributed by atoms with van der Waals surface area (Å²) in [5.41, 5.74) is 7.38. The van der Waals surface area contributed by atoms with E-state index in [-0.39, 0.29) is 11.1 Å². The predicted molar refractivity (Wildman–Crippen MR) is 71.9 cm³/mol. The molecule has 0 aliphatic carbocycles. The highest BCUT2D eigenvalue weighted by Gasteiger charge is 2.12. The first-order valence-corrected chi connectivity index (χ1v) is 6.08. The van der Waals surface area contributed by atoms with E-state index >= 15 is 0 Å². The lowest BCUT2D eigenvalue weighted by atomic mass is 10.3. The number of aromatic nitrogens is 3. The molecule has 0 aliphatic heterocycles. The van der Waals surface area contributed by atoms with E-state index in [1.165, 1.54) is 6.07 Å². The number of nitrogens with two attached hydrogens (primary N) is 1. The number of nitrogen functional groups attached to an aromatic ring is 1. The summed E-state index contributed by atoms with van der Waals surface area (Å²) in [5.74, 6) is 0. The van der Waals surface area contributed by atoms with Crippen LogP contribution in [0.2, 0.25) is 5.02 Å². The Morgan fingerprint density at radius 1 is 1.50 bits per heavy atom. The van der Waals surface area contributed by atoms with Gasteiger partial charge in [0.25, 0.3) is 0 Å². The molecule has 2 rings (SSSR count). The second-order valence-electron chi connectivity index (χ2n) is 4.10. The average molecular weight is 267 g/mol. The van der Waals surface area contributed by atoms with Crippen LogP contribution in [-0.4, -0.2) is 14.3 Å². The summed E-state index contributed by atoms with van der Waals surface area (Å²) in [4.78, 5) is 11.2. The molecule has 2 heterocycles. The van der Waals surface area contributed by atoms with Gasteiger partial charge < -0.3 is 10.3 Å². The quantitative estimate of drug-likeness (QED) is 0.919. The molecule has 0 saturated carbocycles. The lowest BCUT2D eigenvalue weighted by Crippen LogP contribution is -2.13. The Balaban J connectivity index is 2.39. The van der Waals surface area contributed by atoms with Crippen LogP contribution in [0.1, 0.15) is 18.3 Å². The summed E-state index contributed by atoms with van der Waals surface area (Å²) in [5, 5.41) is 5.00. The van der Waals surface area contributed by atoms with E-state index in [1.807, 2.05) is 23.1 Å². The van der Waals surface area contributed by atoms with E-state index < -0.39 is 0 Å². The van der Waals surface area contributed by atoms with E-state index in [4.69, 9.17) is 17.3 Å². The smallest absolute Gasteiger partial charge is 0.204 e. The number of pyridine rings is 1. The van der Waals surface area contributed by atoms with Gasteiger partial charge in [-0.25, -0.2) is 0 Å². The Morgan fingerprint density at radius 3 is 2.83 bits per heavy atom. The number of anilines is 1. The molecule has 6 heteroatoms. The van der Waals surface area contributed by atoms with Crippen LogP contribution in [0.5, 0.6) is 0 Å². The lowest BCUT2D eigenvalue weighted by molar-refractivity contribution is 0.596. The summed E-state index contributed by atoms with van der Waals surface area (Å²) in [7, 11) is 0. The van der Waals surface area contributed by atoms with Gasteiger partial charge in [0.05, 0.1) is 28.6 Å². The molecule has 0 atom stereocenters. The van der Waals surface area contributed by atoms with Crippen LogP contribution in [0.15, 0.2) is 23.3 Å². The number of aryl methyl sites for hydroxylation is 2. The molecule has 0 unspecified atom stereocenters. The Kier molecular flexibility index (Phi) is 3.43. The van der Waals surface area contributed by atoms with Crippen LogP contribution in [0.3, 0.4) is 0 Å². The van der Waals surface area contributed by atoms with E-state index in [0.717, 1.165) is 17.9 Å². The molecule has 0 aliphatic rings. The fourth-order valence-electron chi connectivity index (χ4n) is 1.84. The molecular weight excluding hydrogens is 252 g/mol. The molecule has 0 saturated heterocycles. The molecule has 0 fully saturated rings. The third kappa shape index (κ3) is 2.26. The summed E-state index contributed by atoms with van der Waals surface area (Å²) >= 11 is 6.22. The first-order chi connectivity index (χ1) is 8.52. The third-order valence-corrected chi connectivity index (χ3v) is 3.28. The van der Waals surface area contributed by atoms with E-state index in [9.17, 15) is 4.79 Å². The highest BCUT2D eigenvalue weighted by atomic mass is 35.5. The second-order valence-corrected chi connectivity index (χ2v) is 4.48. The van der Waals surface area contributed by atoms with Crippen LogP contribution in [0.25, 0.3) is 0 Å². The van der Waals surface area contributed by atoms with Crippen molar-refractivity contribution in [3.05, 3.63) is 45.1 Å². The van der Waals surface area contributed by atoms with Gasteiger partial charge >= 0.3 is 0 Å². The van der Waals surface area contributed by atoms with Gasteiger partial charge in [0.15, 0.2) is 0 Å². The van der Waals surface area contributed by atoms with Gasteiger partial charge in [0.1, 0.15) is 0 Å². The average Bonchev–Trinajstić information content (AvgIpc) is 2.61. The monoisotopic (exact) mass is 266 g/mol. The van der Waals surface area contributed by atoms with E-state index in [1.54, 1.807) is 12.4 Å². The highest BCUT2D eigenvalue weighted by molar-refractivity contribution is 6.31. The van der Waals surface area contributed by atoms with Gasteiger partial charge in [-0.2, -0.15) is 5.10 Å². The Bertz CT molecular complexity index is 629. The van der Waals surface area contributed by atoms with Crippen molar-refractivity contribution in [1.82, 2.24) is 14.3 Å². The van der Waals surface area contributed by atoms with Crippen molar-refractivity contribution in [3.8, 4) is 0 Å². The van der Waals surface area contributed by atoms with Crippen LogP contribution >= 0.6 is 11.6 Å². The molecule has 0 radical (unpaired) electrons. The van der Waals surface area contributed by atoms with Gasteiger partial charge in [-0.15, -0.1) is 0 Å². The number of nitrogens with zero attached hydrogens (tertiary/aromatic N) is 3. The van der Waals surface area contributed by atoms with Crippen molar-refractivity contribution in [2.45, 2.75) is 26.9 Å². The maximum atomic E-state index is 11.2. The zero-order valence-corrected chi connectivity index (χ0v) is 11.1. The minimum atomic E-state index is -0.169. The molecule has 2 N–H and O–H groups in total. The first-order valence-electron chi connectivity index (χ1n) is 5.70. The van der Waals surface area contributed by atoms with Crippen molar-refractivity contribution in [3.63, 3.8) is 0 Å². The summed E-state index contributed by atoms with van der Waals surface area (Å²) in [6.07, 6.45) is 3.30. The molecule has 96 valence electrons. The van der Waals surface area contributed by atoms with Gasteiger partial charge in [-0.3, -0.25) is 9.48 Å². The lowest BCUT2D eigenvalue weighted by Gasteiger charge is -2.09. The zero-order valence-electron chi connectivity index (χ0n) is 10.4. The number of hydrogen-bond donors (Lipinski definition) is 1. The maximum absolute atomic E-state index is 11.2. The van der Waals surface area contributed by atoms with Crippen LogP contribution in [0, 0.1) is 6.92 Å². The van der Waals surface area contributed by atoms with Crippen molar-refractivity contribution in [2.75, 3.05) is 5.73 Å². The largest absolute Gasteiger partial charge is 0.394 e. The van der Waals surface area contributed by atoms with Gasteiger partial charge in [-0.05, 0) is 13.8 Å². The number of rotatable bonds is 3. The molecule has 5 nitrogen and oxygen atoms in total. The normalized spacial score (nSPS) is 10.8.